The van der Waals surface area contributed by atoms with Crippen LogP contribution >= 0.6 is 0 Å². The summed E-state index contributed by atoms with van der Waals surface area (Å²) in [5.74, 6) is 1.41. The minimum atomic E-state index is -0.0560. The number of carbonyl (C=O) groups is 1. The zero-order valence-electron chi connectivity index (χ0n) is 15.0. The van der Waals surface area contributed by atoms with Crippen molar-refractivity contribution in [1.82, 2.24) is 16.0 Å². The summed E-state index contributed by atoms with van der Waals surface area (Å²) in [4.78, 5) is 12.5. The third-order valence-corrected chi connectivity index (χ3v) is 6.12. The number of urea groups is 1. The Labute approximate surface area is 140 Å². The van der Waals surface area contributed by atoms with Gasteiger partial charge in [-0.2, -0.15) is 0 Å². The van der Waals surface area contributed by atoms with E-state index in [1.54, 1.807) is 0 Å². The van der Waals surface area contributed by atoms with Crippen molar-refractivity contribution in [1.29, 1.82) is 0 Å². The van der Waals surface area contributed by atoms with E-state index in [2.05, 4.69) is 43.6 Å². The quantitative estimate of drug-likeness (QED) is 0.642. The molecule has 132 valence electrons. The van der Waals surface area contributed by atoms with Crippen LogP contribution in [0.5, 0.6) is 0 Å². The van der Waals surface area contributed by atoms with Gasteiger partial charge < -0.3 is 21.1 Å². The molecule has 23 heavy (non-hydrogen) atoms. The van der Waals surface area contributed by atoms with Gasteiger partial charge in [0, 0.05) is 35.7 Å². The van der Waals surface area contributed by atoms with Crippen molar-refractivity contribution in [3.63, 3.8) is 0 Å². The average molecular weight is 323 g/mol. The molecule has 1 saturated heterocycles. The van der Waals surface area contributed by atoms with E-state index in [-0.39, 0.29) is 41.7 Å². The van der Waals surface area contributed by atoms with Crippen molar-refractivity contribution in [2.45, 2.75) is 83.0 Å². The van der Waals surface area contributed by atoms with E-state index in [4.69, 9.17) is 0 Å². The molecule has 0 spiro atoms. The van der Waals surface area contributed by atoms with Gasteiger partial charge in [-0.25, -0.2) is 4.79 Å². The fraction of sp³-hybridized carbons (Fsp3) is 0.944. The van der Waals surface area contributed by atoms with Crippen LogP contribution in [0.2, 0.25) is 0 Å². The Hall–Kier alpha value is -0.810. The lowest BCUT2D eigenvalue weighted by Gasteiger charge is -2.46. The highest BCUT2D eigenvalue weighted by atomic mass is 16.3. The topological polar surface area (TPSA) is 73.4 Å². The molecule has 3 fully saturated rings. The second-order valence-electron chi connectivity index (χ2n) is 9.32. The molecule has 1 aliphatic heterocycles. The van der Waals surface area contributed by atoms with Crippen molar-refractivity contribution >= 4 is 6.03 Å². The van der Waals surface area contributed by atoms with Gasteiger partial charge in [-0.05, 0) is 71.6 Å². The van der Waals surface area contributed by atoms with Crippen molar-refractivity contribution < 1.29 is 9.90 Å². The summed E-state index contributed by atoms with van der Waals surface area (Å²) in [6, 6.07) is 0.286. The summed E-state index contributed by atoms with van der Waals surface area (Å²) >= 11 is 0. The molecule has 4 unspecified atom stereocenters. The summed E-state index contributed by atoms with van der Waals surface area (Å²) < 4.78 is 0. The molecule has 0 radical (unpaired) electrons. The smallest absolute Gasteiger partial charge is 0.315 e. The summed E-state index contributed by atoms with van der Waals surface area (Å²) in [6.07, 6.45) is 5.45. The molecule has 3 rings (SSSR count). The van der Waals surface area contributed by atoms with E-state index in [0.29, 0.717) is 11.8 Å². The first-order valence-electron chi connectivity index (χ1n) is 9.16. The monoisotopic (exact) mass is 323 g/mol. The molecule has 0 aromatic carbocycles. The van der Waals surface area contributed by atoms with E-state index in [1.165, 1.54) is 19.3 Å². The maximum Gasteiger partial charge on any atom is 0.315 e. The molecule has 2 saturated carbocycles. The second kappa shape index (κ2) is 5.92. The summed E-state index contributed by atoms with van der Waals surface area (Å²) in [5.41, 5.74) is 0.0551. The van der Waals surface area contributed by atoms with Crippen LogP contribution in [0.25, 0.3) is 0 Å². The zero-order chi connectivity index (χ0) is 16.8. The van der Waals surface area contributed by atoms with Crippen LogP contribution in [-0.2, 0) is 0 Å². The third kappa shape index (κ3) is 3.66. The normalized spacial score (nSPS) is 38.5. The molecule has 0 aromatic heterocycles. The number of hydrogen-bond donors (Lipinski definition) is 4. The first-order valence-corrected chi connectivity index (χ1v) is 9.16. The lowest BCUT2D eigenvalue weighted by Crippen LogP contribution is -2.63. The molecule has 5 heteroatoms. The molecule has 2 amide bonds. The maximum absolute atomic E-state index is 12.5. The number of nitrogens with one attached hydrogen (secondary N) is 3. The molecule has 1 heterocycles. The number of carbonyl (C=O) groups excluding carboxylic acids is 1. The number of hydrogen-bond acceptors (Lipinski definition) is 3. The Morgan fingerprint density at radius 3 is 2.30 bits per heavy atom. The zero-order valence-corrected chi connectivity index (χ0v) is 15.0. The van der Waals surface area contributed by atoms with E-state index < -0.39 is 0 Å². The number of amides is 2. The van der Waals surface area contributed by atoms with Gasteiger partial charge >= 0.3 is 6.03 Å². The fourth-order valence-corrected chi connectivity index (χ4v) is 5.70. The van der Waals surface area contributed by atoms with Crippen molar-refractivity contribution in [2.75, 3.05) is 6.61 Å². The van der Waals surface area contributed by atoms with Gasteiger partial charge in [0.15, 0.2) is 0 Å². The van der Waals surface area contributed by atoms with Gasteiger partial charge in [0.25, 0.3) is 0 Å². The van der Waals surface area contributed by atoms with E-state index >= 15 is 0 Å². The van der Waals surface area contributed by atoms with Crippen LogP contribution in [0, 0.1) is 17.8 Å². The molecule has 5 nitrogen and oxygen atoms in total. The van der Waals surface area contributed by atoms with Crippen molar-refractivity contribution in [3.05, 3.63) is 0 Å². The summed E-state index contributed by atoms with van der Waals surface area (Å²) in [7, 11) is 0. The highest BCUT2D eigenvalue weighted by molar-refractivity contribution is 5.74. The minimum Gasteiger partial charge on any atom is -0.396 e. The van der Waals surface area contributed by atoms with Gasteiger partial charge in [0.1, 0.15) is 0 Å². The second-order valence-corrected chi connectivity index (χ2v) is 9.32. The van der Waals surface area contributed by atoms with Gasteiger partial charge in [-0.3, -0.25) is 0 Å². The fourth-order valence-electron chi connectivity index (χ4n) is 5.70. The highest BCUT2D eigenvalue weighted by Gasteiger charge is 2.48. The highest BCUT2D eigenvalue weighted by Crippen LogP contribution is 2.48. The Balaban J connectivity index is 1.57. The molecular formula is C18H33N3O2. The first-order chi connectivity index (χ1) is 10.7. The Bertz CT molecular complexity index is 447. The van der Waals surface area contributed by atoms with Crippen LogP contribution in [0.1, 0.15) is 59.8 Å². The van der Waals surface area contributed by atoms with Gasteiger partial charge in [0.05, 0.1) is 0 Å². The molecule has 2 bridgehead atoms. The largest absolute Gasteiger partial charge is 0.396 e. The predicted octanol–water partition coefficient (Wildman–Crippen LogP) is 2.00. The molecule has 2 aliphatic carbocycles. The third-order valence-electron chi connectivity index (χ3n) is 6.12. The van der Waals surface area contributed by atoms with Gasteiger partial charge in [-0.15, -0.1) is 0 Å². The summed E-state index contributed by atoms with van der Waals surface area (Å²) in [5, 5.41) is 19.7. The number of fused-ring (bicyclic) bond motifs is 2. The molecular weight excluding hydrogens is 290 g/mol. The molecule has 4 N–H and O–H groups in total. The van der Waals surface area contributed by atoms with Crippen molar-refractivity contribution in [3.8, 4) is 0 Å². The van der Waals surface area contributed by atoms with Crippen LogP contribution in [0.15, 0.2) is 0 Å². The van der Waals surface area contributed by atoms with E-state index in [9.17, 15) is 9.90 Å². The standard InChI is InChI=1S/C18H33N3O2/c1-17(2)8-13(9-18(3,4)21-17)19-16(23)20-15-12-6-5-11(7-12)14(15)10-22/h11-15,21-22H,5-10H2,1-4H3,(H2,19,20,23). The Morgan fingerprint density at radius 1 is 1.09 bits per heavy atom. The maximum atomic E-state index is 12.5. The van der Waals surface area contributed by atoms with Crippen molar-refractivity contribution in [2.24, 2.45) is 17.8 Å². The number of aliphatic hydroxyl groups is 1. The van der Waals surface area contributed by atoms with E-state index in [1.807, 2.05) is 0 Å². The Morgan fingerprint density at radius 2 is 1.70 bits per heavy atom. The van der Waals surface area contributed by atoms with Crippen LogP contribution in [0.3, 0.4) is 0 Å². The molecule has 0 aromatic rings. The number of rotatable bonds is 3. The SMILES string of the molecule is CC1(C)CC(NC(=O)NC2C3CCC(C3)C2CO)CC(C)(C)N1. The first kappa shape index (κ1) is 17.0. The van der Waals surface area contributed by atoms with Crippen LogP contribution in [-0.4, -0.2) is 40.9 Å². The minimum absolute atomic E-state index is 0.0275. The van der Waals surface area contributed by atoms with Crippen LogP contribution in [0.4, 0.5) is 4.79 Å². The average Bonchev–Trinajstić information content (AvgIpc) is 2.95. The van der Waals surface area contributed by atoms with Crippen LogP contribution < -0.4 is 16.0 Å². The number of aliphatic hydroxyl groups excluding tert-OH is 1. The molecule has 3 aliphatic rings. The van der Waals surface area contributed by atoms with Gasteiger partial charge in [0.2, 0.25) is 0 Å². The molecule has 4 atom stereocenters. The predicted molar refractivity (Wildman–Crippen MR) is 91.2 cm³/mol. The summed E-state index contributed by atoms with van der Waals surface area (Å²) in [6.45, 7) is 8.96. The van der Waals surface area contributed by atoms with Gasteiger partial charge in [-0.1, -0.05) is 0 Å². The van der Waals surface area contributed by atoms with E-state index in [0.717, 1.165) is 12.8 Å². The lowest BCUT2D eigenvalue weighted by atomic mass is 9.79. The lowest BCUT2D eigenvalue weighted by molar-refractivity contribution is 0.134. The Kier molecular flexibility index (Phi) is 4.38. The number of piperidine rings is 1.